The van der Waals surface area contributed by atoms with Crippen LogP contribution in [-0.2, 0) is 0 Å². The van der Waals surface area contributed by atoms with Crippen molar-refractivity contribution in [2.75, 3.05) is 12.0 Å². The van der Waals surface area contributed by atoms with E-state index in [4.69, 9.17) is 4.74 Å². The van der Waals surface area contributed by atoms with Gasteiger partial charge in [-0.15, -0.1) is 0 Å². The third-order valence-electron chi connectivity index (χ3n) is 2.53. The Hall–Kier alpha value is -2.49. The molecule has 4 heteroatoms. The highest BCUT2D eigenvalue weighted by molar-refractivity contribution is 5.97. The Kier molecular flexibility index (Phi) is 4.39. The minimum atomic E-state index is -0.229. The summed E-state index contributed by atoms with van der Waals surface area (Å²) in [5.41, 5.74) is 6.83. The average molecular weight is 256 g/mol. The van der Waals surface area contributed by atoms with Crippen LogP contribution < -0.4 is 15.6 Å². The number of carbonyl (C=O) groups excluding carboxylic acids is 1. The fourth-order valence-electron chi connectivity index (χ4n) is 1.65. The number of ether oxygens (including phenoxy) is 1. The number of rotatable bonds is 5. The molecule has 0 aliphatic rings. The first kappa shape index (κ1) is 13.0. The lowest BCUT2D eigenvalue weighted by molar-refractivity contribution is 0.0959. The maximum atomic E-state index is 12.1. The van der Waals surface area contributed by atoms with Crippen LogP contribution in [0.15, 0.2) is 54.6 Å². The van der Waals surface area contributed by atoms with E-state index < -0.39 is 0 Å². The van der Waals surface area contributed by atoms with E-state index in [0.717, 1.165) is 5.69 Å². The molecule has 0 saturated heterocycles. The second kappa shape index (κ2) is 6.44. The van der Waals surface area contributed by atoms with Crippen molar-refractivity contribution < 1.29 is 9.53 Å². The predicted molar refractivity (Wildman–Crippen MR) is 75.1 cm³/mol. The Labute approximate surface area is 112 Å². The highest BCUT2D eigenvalue weighted by atomic mass is 16.5. The van der Waals surface area contributed by atoms with Crippen LogP contribution in [0.25, 0.3) is 0 Å². The number of hydrazine groups is 1. The first-order chi connectivity index (χ1) is 9.31. The second-order valence-electron chi connectivity index (χ2n) is 3.87. The van der Waals surface area contributed by atoms with Gasteiger partial charge in [-0.2, -0.15) is 0 Å². The van der Waals surface area contributed by atoms with Gasteiger partial charge in [0.15, 0.2) is 0 Å². The molecular formula is C15H16N2O2. The molecule has 1 amide bonds. The number of amides is 1. The summed E-state index contributed by atoms with van der Waals surface area (Å²) in [6, 6.07) is 16.6. The number of hydrogen-bond donors (Lipinski definition) is 2. The van der Waals surface area contributed by atoms with Crippen LogP contribution in [0.2, 0.25) is 0 Å². The first-order valence-corrected chi connectivity index (χ1v) is 6.14. The quantitative estimate of drug-likeness (QED) is 0.809. The summed E-state index contributed by atoms with van der Waals surface area (Å²) in [6.45, 7) is 2.41. The third-order valence-corrected chi connectivity index (χ3v) is 2.53. The smallest absolute Gasteiger partial charge is 0.273 e. The summed E-state index contributed by atoms with van der Waals surface area (Å²) in [4.78, 5) is 12.1. The molecule has 0 spiro atoms. The van der Waals surface area contributed by atoms with Crippen molar-refractivity contribution in [1.82, 2.24) is 5.43 Å². The lowest BCUT2D eigenvalue weighted by atomic mass is 10.2. The van der Waals surface area contributed by atoms with Crippen molar-refractivity contribution in [3.8, 4) is 5.75 Å². The number of nitrogens with one attached hydrogen (secondary N) is 2. The van der Waals surface area contributed by atoms with Crippen LogP contribution in [-0.4, -0.2) is 12.5 Å². The third kappa shape index (κ3) is 3.48. The molecule has 19 heavy (non-hydrogen) atoms. The molecule has 0 atom stereocenters. The van der Waals surface area contributed by atoms with Gasteiger partial charge >= 0.3 is 0 Å². The molecule has 4 nitrogen and oxygen atoms in total. The van der Waals surface area contributed by atoms with Crippen molar-refractivity contribution >= 4 is 11.6 Å². The zero-order valence-corrected chi connectivity index (χ0v) is 10.7. The number of carbonyl (C=O) groups is 1. The molecule has 0 aliphatic heterocycles. The van der Waals surface area contributed by atoms with Crippen molar-refractivity contribution in [3.05, 3.63) is 60.2 Å². The lowest BCUT2D eigenvalue weighted by Gasteiger charge is -2.11. The van der Waals surface area contributed by atoms with Crippen molar-refractivity contribution in [2.45, 2.75) is 6.92 Å². The van der Waals surface area contributed by atoms with E-state index in [1.54, 1.807) is 18.2 Å². The maximum absolute atomic E-state index is 12.1. The minimum absolute atomic E-state index is 0.229. The molecule has 0 radical (unpaired) electrons. The summed E-state index contributed by atoms with van der Waals surface area (Å²) >= 11 is 0. The van der Waals surface area contributed by atoms with Crippen LogP contribution in [0.1, 0.15) is 17.3 Å². The molecule has 0 saturated carbocycles. The van der Waals surface area contributed by atoms with Gasteiger partial charge in [0, 0.05) is 0 Å². The molecule has 0 bridgehead atoms. The van der Waals surface area contributed by atoms with Gasteiger partial charge in [0.25, 0.3) is 5.91 Å². The molecule has 0 aromatic heterocycles. The van der Waals surface area contributed by atoms with E-state index in [-0.39, 0.29) is 5.91 Å². The molecule has 2 aromatic rings. The van der Waals surface area contributed by atoms with E-state index in [1.807, 2.05) is 43.3 Å². The van der Waals surface area contributed by atoms with Gasteiger partial charge in [-0.25, -0.2) is 0 Å². The van der Waals surface area contributed by atoms with Gasteiger partial charge in [0.2, 0.25) is 0 Å². The fourth-order valence-corrected chi connectivity index (χ4v) is 1.65. The number of para-hydroxylation sites is 2. The van der Waals surface area contributed by atoms with Crippen LogP contribution in [0.5, 0.6) is 5.75 Å². The van der Waals surface area contributed by atoms with Crippen molar-refractivity contribution in [1.29, 1.82) is 0 Å². The second-order valence-corrected chi connectivity index (χ2v) is 3.87. The van der Waals surface area contributed by atoms with Crippen molar-refractivity contribution in [3.63, 3.8) is 0 Å². The highest BCUT2D eigenvalue weighted by Gasteiger charge is 2.10. The van der Waals surface area contributed by atoms with Crippen molar-refractivity contribution in [2.24, 2.45) is 0 Å². The Morgan fingerprint density at radius 3 is 2.47 bits per heavy atom. The van der Waals surface area contributed by atoms with Gasteiger partial charge in [-0.05, 0) is 31.2 Å². The van der Waals surface area contributed by atoms with E-state index in [2.05, 4.69) is 10.9 Å². The molecule has 2 aromatic carbocycles. The predicted octanol–water partition coefficient (Wildman–Crippen LogP) is 2.84. The van der Waals surface area contributed by atoms with Crippen LogP contribution >= 0.6 is 0 Å². The first-order valence-electron chi connectivity index (χ1n) is 6.14. The minimum Gasteiger partial charge on any atom is -0.493 e. The van der Waals surface area contributed by atoms with Gasteiger partial charge < -0.3 is 4.74 Å². The normalized spacial score (nSPS) is 9.74. The monoisotopic (exact) mass is 256 g/mol. The fraction of sp³-hybridized carbons (Fsp3) is 0.133. The maximum Gasteiger partial charge on any atom is 0.273 e. The summed E-state index contributed by atoms with van der Waals surface area (Å²) < 4.78 is 5.42. The molecule has 2 N–H and O–H groups in total. The topological polar surface area (TPSA) is 50.4 Å². The van der Waals surface area contributed by atoms with Gasteiger partial charge in [-0.1, -0.05) is 30.3 Å². The Bertz CT molecular complexity index is 541. The SMILES string of the molecule is CCOc1ccccc1C(=O)NNc1ccccc1. The van der Waals surface area contributed by atoms with E-state index in [1.165, 1.54) is 0 Å². The van der Waals surface area contributed by atoms with E-state index >= 15 is 0 Å². The molecule has 0 unspecified atom stereocenters. The van der Waals surface area contributed by atoms with E-state index in [9.17, 15) is 4.79 Å². The van der Waals surface area contributed by atoms with E-state index in [0.29, 0.717) is 17.9 Å². The molecular weight excluding hydrogens is 240 g/mol. The summed E-state index contributed by atoms with van der Waals surface area (Å²) in [7, 11) is 0. The molecule has 0 aliphatic carbocycles. The zero-order valence-electron chi connectivity index (χ0n) is 10.7. The number of benzene rings is 2. The largest absolute Gasteiger partial charge is 0.493 e. The molecule has 0 heterocycles. The van der Waals surface area contributed by atoms with Crippen LogP contribution in [0.3, 0.4) is 0 Å². The Morgan fingerprint density at radius 2 is 1.74 bits per heavy atom. The van der Waals surface area contributed by atoms with Gasteiger partial charge in [0.1, 0.15) is 5.75 Å². The molecule has 0 fully saturated rings. The number of anilines is 1. The Balaban J connectivity index is 2.04. The van der Waals surface area contributed by atoms with Crippen LogP contribution in [0, 0.1) is 0 Å². The Morgan fingerprint density at radius 1 is 1.05 bits per heavy atom. The summed E-state index contributed by atoms with van der Waals surface area (Å²) in [5, 5.41) is 0. The van der Waals surface area contributed by atoms with Crippen LogP contribution in [0.4, 0.5) is 5.69 Å². The zero-order chi connectivity index (χ0) is 13.5. The van der Waals surface area contributed by atoms with Gasteiger partial charge in [-0.3, -0.25) is 15.6 Å². The highest BCUT2D eigenvalue weighted by Crippen LogP contribution is 2.17. The summed E-state index contributed by atoms with van der Waals surface area (Å²) in [6.07, 6.45) is 0. The summed E-state index contributed by atoms with van der Waals surface area (Å²) in [5.74, 6) is 0.352. The molecule has 2 rings (SSSR count). The number of hydrogen-bond acceptors (Lipinski definition) is 3. The molecule has 98 valence electrons. The lowest BCUT2D eigenvalue weighted by Crippen LogP contribution is -2.29. The average Bonchev–Trinajstić information content (AvgIpc) is 2.47. The van der Waals surface area contributed by atoms with Gasteiger partial charge in [0.05, 0.1) is 17.9 Å². The standard InChI is InChI=1S/C15H16N2O2/c1-2-19-14-11-7-6-10-13(14)15(18)17-16-12-8-4-3-5-9-12/h3-11,16H,2H2,1H3,(H,17,18).